The molecular formula is C14H22N2O2S2. The fourth-order valence-corrected chi connectivity index (χ4v) is 5.49. The third-order valence-corrected chi connectivity index (χ3v) is 6.90. The largest absolute Gasteiger partial charge is 0.353 e. The van der Waals surface area contributed by atoms with Crippen LogP contribution in [0.4, 0.5) is 5.69 Å². The molecule has 1 atom stereocenters. The molecule has 1 aliphatic heterocycles. The van der Waals surface area contributed by atoms with Crippen LogP contribution < -0.4 is 10.6 Å². The van der Waals surface area contributed by atoms with Gasteiger partial charge in [-0.15, -0.1) is 0 Å². The van der Waals surface area contributed by atoms with Crippen molar-refractivity contribution < 1.29 is 8.42 Å². The minimum Gasteiger partial charge on any atom is -0.353 e. The monoisotopic (exact) mass is 314 g/mol. The van der Waals surface area contributed by atoms with Gasteiger partial charge in [0.15, 0.2) is 9.84 Å². The molecule has 0 saturated carbocycles. The van der Waals surface area contributed by atoms with Gasteiger partial charge in [-0.25, -0.2) is 8.42 Å². The van der Waals surface area contributed by atoms with Crippen LogP contribution in [0.5, 0.6) is 0 Å². The Bertz CT molecular complexity index is 546. The predicted molar refractivity (Wildman–Crippen MR) is 87.1 cm³/mol. The van der Waals surface area contributed by atoms with Crippen molar-refractivity contribution in [3.8, 4) is 0 Å². The van der Waals surface area contributed by atoms with Crippen molar-refractivity contribution >= 4 is 27.3 Å². The Kier molecular flexibility index (Phi) is 5.35. The predicted octanol–water partition coefficient (Wildman–Crippen LogP) is 1.50. The van der Waals surface area contributed by atoms with Gasteiger partial charge in [-0.05, 0) is 24.6 Å². The first-order valence-corrected chi connectivity index (χ1v) is 9.81. The molecule has 1 heterocycles. The summed E-state index contributed by atoms with van der Waals surface area (Å²) in [6.45, 7) is 3.07. The second kappa shape index (κ2) is 6.83. The van der Waals surface area contributed by atoms with E-state index < -0.39 is 15.2 Å². The molecule has 2 rings (SSSR count). The number of nitrogens with zero attached hydrogens (tertiary/aromatic N) is 1. The molecule has 1 aliphatic rings. The lowest BCUT2D eigenvalue weighted by atomic mass is 10.1. The lowest BCUT2D eigenvalue weighted by molar-refractivity contribution is 0.579. The summed E-state index contributed by atoms with van der Waals surface area (Å²) < 4.78 is 24.7. The Morgan fingerprint density at radius 3 is 2.85 bits per heavy atom. The van der Waals surface area contributed by atoms with E-state index >= 15 is 0 Å². The normalized spacial score (nSPS) is 20.1. The highest BCUT2D eigenvalue weighted by atomic mass is 32.2. The number of hydrogen-bond donors (Lipinski definition) is 1. The van der Waals surface area contributed by atoms with Crippen molar-refractivity contribution in [2.24, 2.45) is 5.73 Å². The number of para-hydroxylation sites is 1. The third kappa shape index (κ3) is 3.30. The van der Waals surface area contributed by atoms with Crippen LogP contribution in [-0.2, 0) is 16.3 Å². The molecule has 1 aromatic carbocycles. The quantitative estimate of drug-likeness (QED) is 0.892. The van der Waals surface area contributed by atoms with Gasteiger partial charge >= 0.3 is 0 Å². The standard InChI is InChI=1S/C14H22N2O2S2/c1-2-20(17,18)14-11-19-10-9-16(14)13-6-4-3-5-12(13)7-8-15/h3-6,14H,2,7-11,15H2,1H3. The van der Waals surface area contributed by atoms with E-state index in [1.807, 2.05) is 24.3 Å². The summed E-state index contributed by atoms with van der Waals surface area (Å²) in [4.78, 5) is 2.06. The van der Waals surface area contributed by atoms with Gasteiger partial charge in [0.2, 0.25) is 0 Å². The Labute approximate surface area is 125 Å². The molecule has 2 N–H and O–H groups in total. The van der Waals surface area contributed by atoms with Crippen molar-refractivity contribution in [3.63, 3.8) is 0 Å². The van der Waals surface area contributed by atoms with Gasteiger partial charge in [-0.3, -0.25) is 0 Å². The van der Waals surface area contributed by atoms with Gasteiger partial charge < -0.3 is 10.6 Å². The number of benzene rings is 1. The fraction of sp³-hybridized carbons (Fsp3) is 0.571. The van der Waals surface area contributed by atoms with Crippen molar-refractivity contribution in [3.05, 3.63) is 29.8 Å². The lowest BCUT2D eigenvalue weighted by Gasteiger charge is -2.37. The molecule has 1 unspecified atom stereocenters. The van der Waals surface area contributed by atoms with E-state index in [9.17, 15) is 8.42 Å². The Balaban J connectivity index is 2.38. The number of sulfone groups is 1. The number of anilines is 1. The highest BCUT2D eigenvalue weighted by Gasteiger charge is 2.33. The van der Waals surface area contributed by atoms with Crippen molar-refractivity contribution in [1.29, 1.82) is 0 Å². The second-order valence-electron chi connectivity index (χ2n) is 4.84. The highest BCUT2D eigenvalue weighted by molar-refractivity contribution is 8.01. The Morgan fingerprint density at radius 1 is 1.40 bits per heavy atom. The maximum Gasteiger partial charge on any atom is 0.171 e. The van der Waals surface area contributed by atoms with Crippen molar-refractivity contribution in [2.45, 2.75) is 18.7 Å². The number of nitrogens with two attached hydrogens (primary N) is 1. The zero-order valence-corrected chi connectivity index (χ0v) is 13.4. The first-order valence-electron chi connectivity index (χ1n) is 6.94. The van der Waals surface area contributed by atoms with E-state index in [-0.39, 0.29) is 5.75 Å². The molecule has 0 radical (unpaired) electrons. The zero-order valence-electron chi connectivity index (χ0n) is 11.8. The topological polar surface area (TPSA) is 63.4 Å². The molecule has 6 heteroatoms. The maximum atomic E-state index is 12.3. The zero-order chi connectivity index (χ0) is 14.6. The summed E-state index contributed by atoms with van der Waals surface area (Å²) in [7, 11) is -3.08. The molecule has 0 bridgehead atoms. The highest BCUT2D eigenvalue weighted by Crippen LogP contribution is 2.30. The van der Waals surface area contributed by atoms with Crippen LogP contribution in [0.3, 0.4) is 0 Å². The Hall–Kier alpha value is -0.720. The van der Waals surface area contributed by atoms with E-state index in [1.165, 1.54) is 0 Å². The molecule has 112 valence electrons. The van der Waals surface area contributed by atoms with Crippen LogP contribution in [-0.4, -0.2) is 44.1 Å². The van der Waals surface area contributed by atoms with E-state index in [4.69, 9.17) is 5.73 Å². The smallest absolute Gasteiger partial charge is 0.171 e. The minimum atomic E-state index is -3.08. The molecule has 0 aliphatic carbocycles. The van der Waals surface area contributed by atoms with Crippen LogP contribution in [0, 0.1) is 0 Å². The van der Waals surface area contributed by atoms with Crippen molar-refractivity contribution in [2.75, 3.05) is 35.2 Å². The van der Waals surface area contributed by atoms with Gasteiger partial charge in [0, 0.05) is 29.5 Å². The molecule has 0 aromatic heterocycles. The molecular weight excluding hydrogens is 292 g/mol. The van der Waals surface area contributed by atoms with Gasteiger partial charge in [0.25, 0.3) is 0 Å². The molecule has 1 fully saturated rings. The maximum absolute atomic E-state index is 12.3. The molecule has 4 nitrogen and oxygen atoms in total. The first kappa shape index (κ1) is 15.7. The van der Waals surface area contributed by atoms with Gasteiger partial charge in [-0.2, -0.15) is 11.8 Å². The number of thioether (sulfide) groups is 1. The summed E-state index contributed by atoms with van der Waals surface area (Å²) in [5, 5.41) is -0.412. The number of rotatable bonds is 5. The lowest BCUT2D eigenvalue weighted by Crippen LogP contribution is -2.48. The van der Waals surface area contributed by atoms with Gasteiger partial charge in [-0.1, -0.05) is 25.1 Å². The van der Waals surface area contributed by atoms with Crippen molar-refractivity contribution in [1.82, 2.24) is 0 Å². The van der Waals surface area contributed by atoms with Gasteiger partial charge in [0.1, 0.15) is 5.37 Å². The second-order valence-corrected chi connectivity index (χ2v) is 8.44. The number of hydrogen-bond acceptors (Lipinski definition) is 5. The molecule has 0 spiro atoms. The summed E-state index contributed by atoms with van der Waals surface area (Å²) >= 11 is 1.72. The summed E-state index contributed by atoms with van der Waals surface area (Å²) in [6.07, 6.45) is 0.776. The van der Waals surface area contributed by atoms with Crippen LogP contribution >= 0.6 is 11.8 Å². The van der Waals surface area contributed by atoms with Gasteiger partial charge in [0.05, 0.1) is 0 Å². The van der Waals surface area contributed by atoms with E-state index in [2.05, 4.69) is 4.90 Å². The van der Waals surface area contributed by atoms with Crippen LogP contribution in [0.15, 0.2) is 24.3 Å². The Morgan fingerprint density at radius 2 is 2.15 bits per heavy atom. The third-order valence-electron chi connectivity index (χ3n) is 3.62. The SMILES string of the molecule is CCS(=O)(=O)C1CSCCN1c1ccccc1CCN. The molecule has 0 amide bonds. The van der Waals surface area contributed by atoms with Crippen LogP contribution in [0.2, 0.25) is 0 Å². The summed E-state index contributed by atoms with van der Waals surface area (Å²) in [5.41, 5.74) is 7.83. The fourth-order valence-electron chi connectivity index (χ4n) is 2.50. The minimum absolute atomic E-state index is 0.188. The summed E-state index contributed by atoms with van der Waals surface area (Å²) in [6, 6.07) is 8.00. The van der Waals surface area contributed by atoms with Crippen LogP contribution in [0.25, 0.3) is 0 Å². The van der Waals surface area contributed by atoms with Crippen LogP contribution in [0.1, 0.15) is 12.5 Å². The average Bonchev–Trinajstić information content (AvgIpc) is 2.48. The molecule has 1 saturated heterocycles. The first-order chi connectivity index (χ1) is 9.60. The van der Waals surface area contributed by atoms with E-state index in [1.54, 1.807) is 18.7 Å². The van der Waals surface area contributed by atoms with E-state index in [0.717, 1.165) is 30.0 Å². The molecule has 20 heavy (non-hydrogen) atoms. The summed E-state index contributed by atoms with van der Waals surface area (Å²) in [5.74, 6) is 1.80. The average molecular weight is 314 g/mol. The molecule has 1 aromatic rings. The van der Waals surface area contributed by atoms with E-state index in [0.29, 0.717) is 12.3 Å².